The van der Waals surface area contributed by atoms with Gasteiger partial charge in [-0.25, -0.2) is 4.68 Å². The van der Waals surface area contributed by atoms with E-state index in [0.29, 0.717) is 19.0 Å². The molecule has 0 saturated carbocycles. The van der Waals surface area contributed by atoms with Gasteiger partial charge >= 0.3 is 0 Å². The minimum Gasteiger partial charge on any atom is -0.396 e. The van der Waals surface area contributed by atoms with Gasteiger partial charge in [-0.05, 0) is 33.5 Å². The number of aliphatic hydroxyl groups excluding tert-OH is 2. The Morgan fingerprint density at radius 1 is 1.00 bits per heavy atom. The monoisotopic (exact) mass is 365 g/mol. The number of nitrogens with zero attached hydrogens (tertiary/aromatic N) is 5. The lowest BCUT2D eigenvalue weighted by atomic mass is 9.95. The Morgan fingerprint density at radius 2 is 1.74 bits per heavy atom. The van der Waals surface area contributed by atoms with E-state index in [4.69, 9.17) is 0 Å². The number of hydrogen-bond donors (Lipinski definition) is 2. The van der Waals surface area contributed by atoms with Gasteiger partial charge in [-0.15, -0.1) is 0 Å². The molecule has 2 heterocycles. The molecule has 0 spiro atoms. The van der Waals surface area contributed by atoms with Crippen LogP contribution in [0.3, 0.4) is 0 Å². The molecule has 1 fully saturated rings. The Kier molecular flexibility index (Phi) is 5.13. The third-order valence-electron chi connectivity index (χ3n) is 5.15. The second-order valence-corrected chi connectivity index (χ2v) is 6.94. The normalized spacial score (nSPS) is 20.0. The first kappa shape index (κ1) is 17.6. The van der Waals surface area contributed by atoms with E-state index < -0.39 is 6.10 Å². The van der Waals surface area contributed by atoms with Crippen molar-refractivity contribution in [1.82, 2.24) is 20.2 Å². The molecule has 2 atom stereocenters. The van der Waals surface area contributed by atoms with Gasteiger partial charge in [0.15, 0.2) is 0 Å². The van der Waals surface area contributed by atoms with Gasteiger partial charge in [0.1, 0.15) is 0 Å². The zero-order valence-corrected chi connectivity index (χ0v) is 15.0. The zero-order valence-electron chi connectivity index (χ0n) is 15.0. The van der Waals surface area contributed by atoms with Gasteiger partial charge in [0, 0.05) is 25.6 Å². The number of β-amino-alcohol motifs (C(OH)–C–C–N with tert-alkyl or cyclic N) is 1. The Morgan fingerprint density at radius 3 is 2.44 bits per heavy atom. The molecule has 4 rings (SSSR count). The van der Waals surface area contributed by atoms with E-state index in [-0.39, 0.29) is 12.5 Å². The Balaban J connectivity index is 1.47. The fraction of sp³-hybridized carbons (Fsp3) is 0.350. The number of anilines is 1. The van der Waals surface area contributed by atoms with Crippen LogP contribution in [-0.2, 0) is 6.54 Å². The maximum Gasteiger partial charge on any atom is 0.245 e. The van der Waals surface area contributed by atoms with Crippen molar-refractivity contribution in [3.63, 3.8) is 0 Å². The predicted octanol–water partition coefficient (Wildman–Crippen LogP) is 1.57. The molecule has 7 nitrogen and oxygen atoms in total. The van der Waals surface area contributed by atoms with Crippen LogP contribution >= 0.6 is 0 Å². The van der Waals surface area contributed by atoms with Crippen molar-refractivity contribution < 1.29 is 10.2 Å². The summed E-state index contributed by atoms with van der Waals surface area (Å²) in [5.74, 6) is 0.577. The summed E-state index contributed by atoms with van der Waals surface area (Å²) in [5.41, 5.74) is 3.47. The highest BCUT2D eigenvalue weighted by atomic mass is 16.3. The van der Waals surface area contributed by atoms with Crippen LogP contribution in [0.2, 0.25) is 0 Å². The number of benzene rings is 2. The lowest BCUT2D eigenvalue weighted by Crippen LogP contribution is -2.46. The quantitative estimate of drug-likeness (QED) is 0.714. The van der Waals surface area contributed by atoms with Crippen molar-refractivity contribution in [2.45, 2.75) is 19.1 Å². The van der Waals surface area contributed by atoms with Crippen LogP contribution < -0.4 is 4.90 Å². The van der Waals surface area contributed by atoms with Crippen molar-refractivity contribution >= 4 is 5.95 Å². The van der Waals surface area contributed by atoms with Gasteiger partial charge in [-0.2, -0.15) is 0 Å². The van der Waals surface area contributed by atoms with Gasteiger partial charge in [0.2, 0.25) is 5.95 Å². The summed E-state index contributed by atoms with van der Waals surface area (Å²) in [7, 11) is 0. The molecule has 1 aliphatic heterocycles. The number of piperidine rings is 1. The molecular formula is C20H23N5O2. The van der Waals surface area contributed by atoms with E-state index in [1.54, 1.807) is 4.68 Å². The zero-order chi connectivity index (χ0) is 18.6. The number of aromatic nitrogens is 4. The molecule has 2 N–H and O–H groups in total. The molecule has 0 amide bonds. The molecule has 2 aromatic carbocycles. The molecule has 0 unspecified atom stereocenters. The van der Waals surface area contributed by atoms with Crippen LogP contribution in [0.15, 0.2) is 54.6 Å². The van der Waals surface area contributed by atoms with E-state index in [2.05, 4.69) is 51.9 Å². The average Bonchev–Trinajstić information content (AvgIpc) is 3.17. The highest BCUT2D eigenvalue weighted by Crippen LogP contribution is 2.23. The second-order valence-electron chi connectivity index (χ2n) is 6.94. The van der Waals surface area contributed by atoms with Crippen molar-refractivity contribution in [2.75, 3.05) is 24.6 Å². The van der Waals surface area contributed by atoms with E-state index in [1.165, 1.54) is 11.1 Å². The van der Waals surface area contributed by atoms with Crippen LogP contribution in [0.5, 0.6) is 0 Å². The lowest BCUT2D eigenvalue weighted by Gasteiger charge is -2.35. The average molecular weight is 365 g/mol. The van der Waals surface area contributed by atoms with Crippen LogP contribution in [0.25, 0.3) is 11.1 Å². The fourth-order valence-electron chi connectivity index (χ4n) is 3.51. The summed E-state index contributed by atoms with van der Waals surface area (Å²) >= 11 is 0. The van der Waals surface area contributed by atoms with Crippen LogP contribution in [0, 0.1) is 5.92 Å². The maximum atomic E-state index is 10.2. The second kappa shape index (κ2) is 7.85. The van der Waals surface area contributed by atoms with Gasteiger partial charge in [-0.1, -0.05) is 59.7 Å². The maximum absolute atomic E-state index is 10.2. The predicted molar refractivity (Wildman–Crippen MR) is 102 cm³/mol. The first-order valence-electron chi connectivity index (χ1n) is 9.19. The van der Waals surface area contributed by atoms with Gasteiger partial charge in [-0.3, -0.25) is 0 Å². The van der Waals surface area contributed by atoms with Gasteiger partial charge in [0.05, 0.1) is 12.6 Å². The SMILES string of the molecule is OC[C@H]1CCN(c2nnnn2Cc2ccc(-c3ccccc3)cc2)C[C@H]1O. The molecule has 1 saturated heterocycles. The summed E-state index contributed by atoms with van der Waals surface area (Å²) in [6.45, 7) is 1.72. The summed E-state index contributed by atoms with van der Waals surface area (Å²) in [5, 5.41) is 31.6. The summed E-state index contributed by atoms with van der Waals surface area (Å²) in [4.78, 5) is 1.98. The standard InChI is InChI=1S/C20H23N5O2/c26-14-18-10-11-24(13-19(18)27)20-21-22-23-25(20)12-15-6-8-17(9-7-15)16-4-2-1-3-5-16/h1-9,18-19,26-27H,10-14H2/t18-,19-/m1/s1. The van der Waals surface area contributed by atoms with Crippen LogP contribution in [-0.4, -0.2) is 56.2 Å². The van der Waals surface area contributed by atoms with E-state index >= 15 is 0 Å². The molecule has 3 aromatic rings. The number of hydrogen-bond acceptors (Lipinski definition) is 6. The van der Waals surface area contributed by atoms with Crippen molar-refractivity contribution in [2.24, 2.45) is 5.92 Å². The molecule has 27 heavy (non-hydrogen) atoms. The van der Waals surface area contributed by atoms with E-state index in [9.17, 15) is 10.2 Å². The van der Waals surface area contributed by atoms with Gasteiger partial charge < -0.3 is 15.1 Å². The lowest BCUT2D eigenvalue weighted by molar-refractivity contribution is 0.0542. The molecule has 1 aliphatic rings. The summed E-state index contributed by atoms with van der Waals surface area (Å²) in [6, 6.07) is 18.6. The van der Waals surface area contributed by atoms with E-state index in [0.717, 1.165) is 18.5 Å². The number of aliphatic hydroxyl groups is 2. The van der Waals surface area contributed by atoms with Crippen molar-refractivity contribution in [3.8, 4) is 11.1 Å². The Hall–Kier alpha value is -2.77. The number of rotatable bonds is 5. The van der Waals surface area contributed by atoms with E-state index in [1.807, 2.05) is 23.1 Å². The molecule has 7 heteroatoms. The molecule has 140 valence electrons. The first-order chi connectivity index (χ1) is 13.2. The minimum absolute atomic E-state index is 0.00765. The van der Waals surface area contributed by atoms with Crippen LogP contribution in [0.4, 0.5) is 5.95 Å². The Labute approximate surface area is 157 Å². The minimum atomic E-state index is -0.570. The Bertz CT molecular complexity index is 866. The fourth-order valence-corrected chi connectivity index (χ4v) is 3.51. The number of tetrazole rings is 1. The van der Waals surface area contributed by atoms with Crippen LogP contribution in [0.1, 0.15) is 12.0 Å². The van der Waals surface area contributed by atoms with Gasteiger partial charge in [0.25, 0.3) is 0 Å². The molecular weight excluding hydrogens is 342 g/mol. The molecule has 0 radical (unpaired) electrons. The molecule has 0 aliphatic carbocycles. The third-order valence-corrected chi connectivity index (χ3v) is 5.15. The molecule has 1 aromatic heterocycles. The molecule has 0 bridgehead atoms. The highest BCUT2D eigenvalue weighted by Gasteiger charge is 2.29. The van der Waals surface area contributed by atoms with Crippen molar-refractivity contribution in [3.05, 3.63) is 60.2 Å². The highest BCUT2D eigenvalue weighted by molar-refractivity contribution is 5.63. The third kappa shape index (κ3) is 3.84. The smallest absolute Gasteiger partial charge is 0.245 e. The summed E-state index contributed by atoms with van der Waals surface area (Å²) in [6.07, 6.45) is 0.148. The summed E-state index contributed by atoms with van der Waals surface area (Å²) < 4.78 is 1.75. The topological polar surface area (TPSA) is 87.3 Å². The van der Waals surface area contributed by atoms with Crippen molar-refractivity contribution in [1.29, 1.82) is 0 Å². The largest absolute Gasteiger partial charge is 0.396 e. The first-order valence-corrected chi connectivity index (χ1v) is 9.19.